The van der Waals surface area contributed by atoms with Crippen molar-refractivity contribution < 1.29 is 24.5 Å². The largest absolute Gasteiger partial charge is 0.462 e. The van der Waals surface area contributed by atoms with Crippen LogP contribution >= 0.6 is 0 Å². The molecule has 0 radical (unpaired) electrons. The molecule has 61 heavy (non-hydrogen) atoms. The summed E-state index contributed by atoms with van der Waals surface area (Å²) < 4.78 is 5.92. The summed E-state index contributed by atoms with van der Waals surface area (Å²) in [6, 6.07) is -0.713. The maximum atomic E-state index is 13.2. The average Bonchev–Trinajstić information content (AvgIpc) is 3.25. The van der Waals surface area contributed by atoms with Crippen LogP contribution in [-0.2, 0) is 14.3 Å². The Morgan fingerprint density at radius 2 is 0.951 bits per heavy atom. The molecule has 6 nitrogen and oxygen atoms in total. The van der Waals surface area contributed by atoms with Gasteiger partial charge in [0.25, 0.3) is 0 Å². The topological polar surface area (TPSA) is 95.9 Å². The second kappa shape index (κ2) is 48.3. The standard InChI is InChI=1S/C55H97NO5/c1-4-7-10-13-16-19-22-25-26-27-28-29-30-33-36-39-42-45-48-55(60)61-51(46-43-40-37-34-31-23-20-17-14-11-8-5-2)49-54(59)56-52(50-57)53(58)47-44-41-38-35-32-24-21-18-15-12-9-6-3/h8,11,16-17,19-20,22,25-29,51-53,57-58H,4-7,9-10,12-15,18,21,23-24,30-50H2,1-3H3,(H,56,59)/b11-8+,19-16+,20-17+,25-22+,27-26+,29-28+. The first-order valence-corrected chi connectivity index (χ1v) is 25.7. The molecule has 6 heteroatoms. The zero-order valence-electron chi connectivity index (χ0n) is 40.0. The van der Waals surface area contributed by atoms with Gasteiger partial charge in [0.2, 0.25) is 5.91 Å². The quantitative estimate of drug-likeness (QED) is 0.0245. The van der Waals surface area contributed by atoms with Crippen LogP contribution in [0.2, 0.25) is 0 Å². The Labute approximate surface area is 377 Å². The van der Waals surface area contributed by atoms with Gasteiger partial charge in [-0.25, -0.2) is 0 Å². The summed E-state index contributed by atoms with van der Waals surface area (Å²) in [5.74, 6) is -0.516. The zero-order chi connectivity index (χ0) is 44.5. The van der Waals surface area contributed by atoms with Crippen molar-refractivity contribution in [3.63, 3.8) is 0 Å². The highest BCUT2D eigenvalue weighted by molar-refractivity contribution is 5.77. The number of unbranched alkanes of at least 4 members (excludes halogenated alkanes) is 24. The van der Waals surface area contributed by atoms with E-state index in [1.54, 1.807) is 0 Å². The van der Waals surface area contributed by atoms with Crippen molar-refractivity contribution in [3.05, 3.63) is 72.9 Å². The maximum Gasteiger partial charge on any atom is 0.306 e. The van der Waals surface area contributed by atoms with E-state index in [1.807, 2.05) is 0 Å². The van der Waals surface area contributed by atoms with Crippen molar-refractivity contribution in [2.24, 2.45) is 0 Å². The van der Waals surface area contributed by atoms with E-state index < -0.39 is 18.2 Å². The molecule has 3 unspecified atom stereocenters. The van der Waals surface area contributed by atoms with E-state index in [2.05, 4.69) is 99.0 Å². The van der Waals surface area contributed by atoms with Gasteiger partial charge in [-0.3, -0.25) is 9.59 Å². The summed E-state index contributed by atoms with van der Waals surface area (Å²) in [7, 11) is 0. The molecule has 0 spiro atoms. The van der Waals surface area contributed by atoms with E-state index >= 15 is 0 Å². The van der Waals surface area contributed by atoms with Crippen LogP contribution in [0.4, 0.5) is 0 Å². The van der Waals surface area contributed by atoms with Crippen LogP contribution in [0.25, 0.3) is 0 Å². The molecule has 0 aliphatic rings. The Bertz CT molecular complexity index is 1140. The number of allylic oxidation sites excluding steroid dienone is 12. The van der Waals surface area contributed by atoms with Crippen molar-refractivity contribution in [2.75, 3.05) is 6.61 Å². The molecular formula is C55H97NO5. The lowest BCUT2D eigenvalue weighted by molar-refractivity contribution is -0.151. The lowest BCUT2D eigenvalue weighted by Gasteiger charge is -2.24. The van der Waals surface area contributed by atoms with Crippen LogP contribution in [0, 0.1) is 0 Å². The van der Waals surface area contributed by atoms with Crippen LogP contribution in [0.1, 0.15) is 239 Å². The van der Waals surface area contributed by atoms with Crippen LogP contribution in [0.3, 0.4) is 0 Å². The Morgan fingerprint density at radius 1 is 0.508 bits per heavy atom. The average molecular weight is 852 g/mol. The number of hydrogen-bond donors (Lipinski definition) is 3. The second-order valence-electron chi connectivity index (χ2n) is 17.3. The Morgan fingerprint density at radius 3 is 1.51 bits per heavy atom. The molecule has 0 aliphatic heterocycles. The van der Waals surface area contributed by atoms with Crippen molar-refractivity contribution in [1.82, 2.24) is 5.32 Å². The third-order valence-electron chi connectivity index (χ3n) is 11.4. The zero-order valence-corrected chi connectivity index (χ0v) is 40.0. The van der Waals surface area contributed by atoms with Gasteiger partial charge in [0.1, 0.15) is 6.10 Å². The Balaban J connectivity index is 4.62. The molecule has 1 amide bonds. The van der Waals surface area contributed by atoms with Crippen LogP contribution in [0.15, 0.2) is 72.9 Å². The van der Waals surface area contributed by atoms with Gasteiger partial charge >= 0.3 is 5.97 Å². The molecule has 0 rings (SSSR count). The number of esters is 1. The number of aliphatic hydroxyl groups excluding tert-OH is 2. The van der Waals surface area contributed by atoms with E-state index in [9.17, 15) is 19.8 Å². The van der Waals surface area contributed by atoms with Crippen LogP contribution < -0.4 is 5.32 Å². The van der Waals surface area contributed by atoms with E-state index in [0.717, 1.165) is 109 Å². The molecule has 0 bridgehead atoms. The van der Waals surface area contributed by atoms with Crippen molar-refractivity contribution >= 4 is 11.9 Å². The molecule has 0 aromatic carbocycles. The van der Waals surface area contributed by atoms with Gasteiger partial charge in [-0.2, -0.15) is 0 Å². The lowest BCUT2D eigenvalue weighted by Crippen LogP contribution is -2.46. The van der Waals surface area contributed by atoms with Gasteiger partial charge in [0.15, 0.2) is 0 Å². The van der Waals surface area contributed by atoms with Gasteiger partial charge in [-0.1, -0.05) is 222 Å². The highest BCUT2D eigenvalue weighted by Crippen LogP contribution is 2.17. The van der Waals surface area contributed by atoms with Gasteiger partial charge in [0.05, 0.1) is 25.2 Å². The van der Waals surface area contributed by atoms with Gasteiger partial charge in [-0.05, 0) is 77.0 Å². The number of aliphatic hydroxyl groups is 2. The third kappa shape index (κ3) is 43.7. The summed E-state index contributed by atoms with van der Waals surface area (Å²) in [5, 5.41) is 23.7. The van der Waals surface area contributed by atoms with Gasteiger partial charge in [-0.15, -0.1) is 0 Å². The molecular weight excluding hydrogens is 755 g/mol. The number of carbonyl (C=O) groups is 2. The maximum absolute atomic E-state index is 13.2. The predicted octanol–water partition coefficient (Wildman–Crippen LogP) is 15.4. The predicted molar refractivity (Wildman–Crippen MR) is 264 cm³/mol. The van der Waals surface area contributed by atoms with E-state index in [0.29, 0.717) is 19.3 Å². The molecule has 352 valence electrons. The summed E-state index contributed by atoms with van der Waals surface area (Å²) in [4.78, 5) is 26.1. The number of ether oxygens (including phenoxy) is 1. The minimum Gasteiger partial charge on any atom is -0.462 e. The molecule has 0 aliphatic carbocycles. The first kappa shape index (κ1) is 58.3. The summed E-state index contributed by atoms with van der Waals surface area (Å²) in [6.07, 6.45) is 61.0. The molecule has 0 saturated carbocycles. The molecule has 3 N–H and O–H groups in total. The summed E-state index contributed by atoms with van der Waals surface area (Å²) in [6.45, 7) is 6.32. The SMILES string of the molecule is CC/C=C/C/C=C/CCCCCCCC(CC(=O)NC(CO)C(O)CCCCCCCCCCCCCC)OC(=O)CCCCCCC/C=C/C=C/C=C/C=C/CCCCC. The molecule has 0 aromatic heterocycles. The van der Waals surface area contributed by atoms with Crippen LogP contribution in [0.5, 0.6) is 0 Å². The van der Waals surface area contributed by atoms with Gasteiger partial charge < -0.3 is 20.3 Å². The normalized spacial score (nSPS) is 13.9. The first-order valence-electron chi connectivity index (χ1n) is 25.7. The monoisotopic (exact) mass is 852 g/mol. The second-order valence-corrected chi connectivity index (χ2v) is 17.3. The fourth-order valence-electron chi connectivity index (χ4n) is 7.48. The Kier molecular flexibility index (Phi) is 46.2. The third-order valence-corrected chi connectivity index (χ3v) is 11.4. The lowest BCUT2D eigenvalue weighted by atomic mass is 10.0. The minimum atomic E-state index is -0.798. The van der Waals surface area contributed by atoms with Crippen LogP contribution in [-0.4, -0.2) is 46.9 Å². The van der Waals surface area contributed by atoms with E-state index in [-0.39, 0.29) is 24.9 Å². The van der Waals surface area contributed by atoms with E-state index in [4.69, 9.17) is 4.74 Å². The summed E-state index contributed by atoms with van der Waals surface area (Å²) in [5.41, 5.74) is 0. The molecule has 3 atom stereocenters. The number of hydrogen-bond acceptors (Lipinski definition) is 5. The summed E-state index contributed by atoms with van der Waals surface area (Å²) >= 11 is 0. The number of carbonyl (C=O) groups excluding carboxylic acids is 2. The van der Waals surface area contributed by atoms with Crippen molar-refractivity contribution in [3.8, 4) is 0 Å². The first-order chi connectivity index (χ1) is 30.0. The number of nitrogens with one attached hydrogen (secondary N) is 1. The minimum absolute atomic E-state index is 0.0556. The van der Waals surface area contributed by atoms with Crippen molar-refractivity contribution in [2.45, 2.75) is 257 Å². The van der Waals surface area contributed by atoms with Gasteiger partial charge in [0, 0.05) is 6.42 Å². The number of rotatable bonds is 45. The van der Waals surface area contributed by atoms with E-state index in [1.165, 1.54) is 83.5 Å². The van der Waals surface area contributed by atoms with Crippen molar-refractivity contribution in [1.29, 1.82) is 0 Å². The highest BCUT2D eigenvalue weighted by Gasteiger charge is 2.24. The highest BCUT2D eigenvalue weighted by atomic mass is 16.5. The smallest absolute Gasteiger partial charge is 0.306 e. The molecule has 0 fully saturated rings. The molecule has 0 aromatic rings. The molecule has 0 heterocycles. The fourth-order valence-corrected chi connectivity index (χ4v) is 7.48. The number of amides is 1. The Hall–Kier alpha value is -2.70. The molecule has 0 saturated heterocycles. The fraction of sp³-hybridized carbons (Fsp3) is 0.745.